The van der Waals surface area contributed by atoms with E-state index in [0.717, 1.165) is 25.4 Å². The van der Waals surface area contributed by atoms with Gasteiger partial charge in [-0.15, -0.1) is 5.10 Å². The second kappa shape index (κ2) is 3.78. The molecule has 5 heteroatoms. The third-order valence-electron chi connectivity index (χ3n) is 4.64. The highest BCUT2D eigenvalue weighted by molar-refractivity contribution is 5.15. The number of hydrogen-bond acceptors (Lipinski definition) is 4. The fourth-order valence-corrected chi connectivity index (χ4v) is 3.63. The van der Waals surface area contributed by atoms with Crippen molar-refractivity contribution in [3.8, 4) is 0 Å². The third-order valence-corrected chi connectivity index (χ3v) is 4.64. The quantitative estimate of drug-likeness (QED) is 0.752. The van der Waals surface area contributed by atoms with Gasteiger partial charge < -0.3 is 10.2 Å². The SMILES string of the molecule is C1Cc2c(nnn2C2CN3CCC2CC3)CN1. The number of rotatable bonds is 1. The lowest BCUT2D eigenvalue weighted by atomic mass is 9.84. The lowest BCUT2D eigenvalue weighted by Gasteiger charge is -2.45. The minimum absolute atomic E-state index is 0.590. The van der Waals surface area contributed by atoms with E-state index in [4.69, 9.17) is 0 Å². The Hall–Kier alpha value is -0.940. The van der Waals surface area contributed by atoms with Crippen molar-refractivity contribution in [3.05, 3.63) is 11.4 Å². The maximum atomic E-state index is 4.44. The molecular weight excluding hydrogens is 214 g/mol. The van der Waals surface area contributed by atoms with Gasteiger partial charge in [-0.25, -0.2) is 4.68 Å². The first-order chi connectivity index (χ1) is 8.42. The molecule has 3 saturated heterocycles. The van der Waals surface area contributed by atoms with Crippen molar-refractivity contribution >= 4 is 0 Å². The molecule has 0 spiro atoms. The molecule has 5 nitrogen and oxygen atoms in total. The Morgan fingerprint density at radius 3 is 2.88 bits per heavy atom. The number of nitrogens with one attached hydrogen (secondary N) is 1. The molecule has 1 atom stereocenters. The summed E-state index contributed by atoms with van der Waals surface area (Å²) in [6, 6.07) is 0.590. The van der Waals surface area contributed by atoms with Crippen LogP contribution < -0.4 is 5.32 Å². The molecule has 1 unspecified atom stereocenters. The molecule has 0 aromatic carbocycles. The van der Waals surface area contributed by atoms with Gasteiger partial charge in [-0.2, -0.15) is 0 Å². The topological polar surface area (TPSA) is 46.0 Å². The Morgan fingerprint density at radius 2 is 2.12 bits per heavy atom. The smallest absolute Gasteiger partial charge is 0.0997 e. The van der Waals surface area contributed by atoms with Crippen LogP contribution in [-0.2, 0) is 13.0 Å². The highest BCUT2D eigenvalue weighted by atomic mass is 15.5. The van der Waals surface area contributed by atoms with Crippen LogP contribution in [0.5, 0.6) is 0 Å². The molecule has 5 rings (SSSR count). The van der Waals surface area contributed by atoms with E-state index >= 15 is 0 Å². The molecule has 0 amide bonds. The summed E-state index contributed by atoms with van der Waals surface area (Å²) in [4.78, 5) is 2.58. The van der Waals surface area contributed by atoms with E-state index in [1.807, 2.05) is 0 Å². The maximum absolute atomic E-state index is 4.44. The first-order valence-electron chi connectivity index (χ1n) is 6.78. The third kappa shape index (κ3) is 1.52. The summed E-state index contributed by atoms with van der Waals surface area (Å²) in [5.41, 5.74) is 2.56. The standard InChI is InChI=1S/C12H19N5/c1-4-13-7-10-11(1)17(15-14-10)12-8-16-5-2-9(12)3-6-16/h9,12-13H,1-8H2. The Balaban J connectivity index is 1.68. The van der Waals surface area contributed by atoms with E-state index in [2.05, 4.69) is 25.2 Å². The average molecular weight is 233 g/mol. The van der Waals surface area contributed by atoms with Gasteiger partial charge in [-0.3, -0.25) is 0 Å². The molecule has 0 radical (unpaired) electrons. The minimum Gasteiger partial charge on any atom is -0.311 e. The largest absolute Gasteiger partial charge is 0.311 e. The van der Waals surface area contributed by atoms with Crippen LogP contribution in [0.1, 0.15) is 30.3 Å². The van der Waals surface area contributed by atoms with Gasteiger partial charge >= 0.3 is 0 Å². The van der Waals surface area contributed by atoms with E-state index in [1.54, 1.807) is 0 Å². The lowest BCUT2D eigenvalue weighted by Crippen LogP contribution is -2.48. The molecule has 4 aliphatic heterocycles. The second-order valence-corrected chi connectivity index (χ2v) is 5.56. The van der Waals surface area contributed by atoms with Crippen molar-refractivity contribution in [1.29, 1.82) is 0 Å². The summed E-state index contributed by atoms with van der Waals surface area (Å²) in [6.45, 7) is 5.74. The molecule has 1 aromatic rings. The summed E-state index contributed by atoms with van der Waals surface area (Å²) in [6.07, 6.45) is 3.78. The van der Waals surface area contributed by atoms with Crippen molar-refractivity contribution in [2.45, 2.75) is 31.8 Å². The predicted molar refractivity (Wildman–Crippen MR) is 63.6 cm³/mol. The molecule has 3 fully saturated rings. The van der Waals surface area contributed by atoms with E-state index < -0.39 is 0 Å². The van der Waals surface area contributed by atoms with Crippen molar-refractivity contribution in [1.82, 2.24) is 25.2 Å². The van der Waals surface area contributed by atoms with Gasteiger partial charge in [0.25, 0.3) is 0 Å². The molecule has 0 saturated carbocycles. The molecule has 1 N–H and O–H groups in total. The van der Waals surface area contributed by atoms with Crippen molar-refractivity contribution in [2.24, 2.45) is 5.92 Å². The number of hydrogen-bond donors (Lipinski definition) is 1. The molecule has 0 aliphatic carbocycles. The first kappa shape index (κ1) is 10.0. The molecular formula is C12H19N5. The maximum Gasteiger partial charge on any atom is 0.0997 e. The fraction of sp³-hybridized carbons (Fsp3) is 0.833. The molecule has 92 valence electrons. The number of piperidine rings is 3. The van der Waals surface area contributed by atoms with Gasteiger partial charge in [-0.05, 0) is 31.8 Å². The van der Waals surface area contributed by atoms with Crippen molar-refractivity contribution in [3.63, 3.8) is 0 Å². The fourth-order valence-electron chi connectivity index (χ4n) is 3.63. The van der Waals surface area contributed by atoms with Gasteiger partial charge in [0.1, 0.15) is 0 Å². The van der Waals surface area contributed by atoms with Crippen LogP contribution in [-0.4, -0.2) is 46.1 Å². The zero-order chi connectivity index (χ0) is 11.2. The Labute approximate surface area is 101 Å². The van der Waals surface area contributed by atoms with Crippen LogP contribution >= 0.6 is 0 Å². The van der Waals surface area contributed by atoms with Crippen molar-refractivity contribution in [2.75, 3.05) is 26.2 Å². The first-order valence-corrected chi connectivity index (χ1v) is 6.78. The predicted octanol–water partition coefficient (Wildman–Crippen LogP) is 0.190. The van der Waals surface area contributed by atoms with Gasteiger partial charge in [0.2, 0.25) is 0 Å². The molecule has 4 aliphatic rings. The highest BCUT2D eigenvalue weighted by Gasteiger charge is 2.37. The van der Waals surface area contributed by atoms with Gasteiger partial charge in [0.05, 0.1) is 17.4 Å². The molecule has 1 aromatic heterocycles. The Morgan fingerprint density at radius 1 is 1.24 bits per heavy atom. The van der Waals surface area contributed by atoms with Crippen LogP contribution in [0.2, 0.25) is 0 Å². The zero-order valence-corrected chi connectivity index (χ0v) is 10.1. The summed E-state index contributed by atoms with van der Waals surface area (Å²) in [7, 11) is 0. The summed E-state index contributed by atoms with van der Waals surface area (Å²) in [5, 5.41) is 12.2. The molecule has 2 bridgehead atoms. The number of fused-ring (bicyclic) bond motifs is 4. The van der Waals surface area contributed by atoms with E-state index in [9.17, 15) is 0 Å². The molecule has 5 heterocycles. The number of aromatic nitrogens is 3. The van der Waals surface area contributed by atoms with Crippen LogP contribution in [0.15, 0.2) is 0 Å². The summed E-state index contributed by atoms with van der Waals surface area (Å²) >= 11 is 0. The van der Waals surface area contributed by atoms with Crippen LogP contribution in [0.4, 0.5) is 0 Å². The molecule has 17 heavy (non-hydrogen) atoms. The van der Waals surface area contributed by atoms with Crippen LogP contribution in [0.3, 0.4) is 0 Å². The van der Waals surface area contributed by atoms with Crippen molar-refractivity contribution < 1.29 is 0 Å². The normalized spacial score (nSPS) is 35.9. The Bertz CT molecular complexity index is 419. The summed E-state index contributed by atoms with van der Waals surface area (Å²) in [5.74, 6) is 0.834. The second-order valence-electron chi connectivity index (χ2n) is 5.56. The van der Waals surface area contributed by atoms with Gasteiger partial charge in [0.15, 0.2) is 0 Å². The van der Waals surface area contributed by atoms with Crippen LogP contribution in [0.25, 0.3) is 0 Å². The monoisotopic (exact) mass is 233 g/mol. The van der Waals surface area contributed by atoms with Gasteiger partial charge in [-0.1, -0.05) is 5.21 Å². The Kier molecular flexibility index (Phi) is 2.23. The highest BCUT2D eigenvalue weighted by Crippen LogP contribution is 2.36. The zero-order valence-electron chi connectivity index (χ0n) is 10.1. The average Bonchev–Trinajstić information content (AvgIpc) is 2.84. The summed E-state index contributed by atoms with van der Waals surface area (Å²) < 4.78 is 2.26. The number of nitrogens with zero attached hydrogens (tertiary/aromatic N) is 4. The van der Waals surface area contributed by atoms with E-state index in [-0.39, 0.29) is 0 Å². The van der Waals surface area contributed by atoms with E-state index in [1.165, 1.54) is 43.9 Å². The minimum atomic E-state index is 0.590. The van der Waals surface area contributed by atoms with Gasteiger partial charge in [0, 0.05) is 26.1 Å². The lowest BCUT2D eigenvalue weighted by molar-refractivity contribution is 0.0489. The van der Waals surface area contributed by atoms with Crippen LogP contribution in [0, 0.1) is 5.92 Å². The van der Waals surface area contributed by atoms with E-state index in [0.29, 0.717) is 6.04 Å².